The summed E-state index contributed by atoms with van der Waals surface area (Å²) < 4.78 is 0. The lowest BCUT2D eigenvalue weighted by molar-refractivity contribution is 0.316. The fourth-order valence-corrected chi connectivity index (χ4v) is 3.91. The van der Waals surface area contributed by atoms with Gasteiger partial charge in [-0.15, -0.1) is 0 Å². The minimum atomic E-state index is 0.524. The first kappa shape index (κ1) is 16.6. The van der Waals surface area contributed by atoms with Crippen LogP contribution in [0.15, 0.2) is 54.7 Å². The molecule has 1 aliphatic heterocycles. The Morgan fingerprint density at radius 1 is 1.08 bits per heavy atom. The van der Waals surface area contributed by atoms with Gasteiger partial charge in [-0.1, -0.05) is 41.9 Å². The van der Waals surface area contributed by atoms with Gasteiger partial charge in [0.1, 0.15) is 0 Å². The van der Waals surface area contributed by atoms with Crippen LogP contribution in [0.4, 0.5) is 0 Å². The second-order valence-corrected chi connectivity index (χ2v) is 7.38. The summed E-state index contributed by atoms with van der Waals surface area (Å²) in [6.07, 6.45) is 5.52. The first-order valence-corrected chi connectivity index (χ1v) is 9.42. The van der Waals surface area contributed by atoms with Gasteiger partial charge in [0.25, 0.3) is 0 Å². The fourth-order valence-electron chi connectivity index (χ4n) is 3.78. The number of piperidine rings is 1. The topological polar surface area (TPSA) is 39.9 Å². The number of aromatic amines is 1. The Balaban J connectivity index is 1.34. The largest absolute Gasteiger partial charge is 0.361 e. The number of rotatable bonds is 5. The molecule has 0 saturated carbocycles. The SMILES string of the molecule is Clc1ccc(C[C@@H]2C[C@@H](NCc3c[nH]c4ccccc34)CCN2)cc1. The molecule has 1 fully saturated rings. The number of hydrogen-bond donors (Lipinski definition) is 3. The molecule has 1 saturated heterocycles. The van der Waals surface area contributed by atoms with Crippen LogP contribution in [0.3, 0.4) is 0 Å². The van der Waals surface area contributed by atoms with Gasteiger partial charge in [0.05, 0.1) is 0 Å². The molecule has 2 atom stereocenters. The highest BCUT2D eigenvalue weighted by molar-refractivity contribution is 6.30. The van der Waals surface area contributed by atoms with Crippen molar-refractivity contribution >= 4 is 22.5 Å². The molecule has 4 heteroatoms. The van der Waals surface area contributed by atoms with Gasteiger partial charge >= 0.3 is 0 Å². The third kappa shape index (κ3) is 4.06. The molecule has 25 heavy (non-hydrogen) atoms. The highest BCUT2D eigenvalue weighted by Crippen LogP contribution is 2.19. The maximum atomic E-state index is 5.98. The lowest BCUT2D eigenvalue weighted by Gasteiger charge is -2.31. The van der Waals surface area contributed by atoms with Crippen molar-refractivity contribution < 1.29 is 0 Å². The first-order chi connectivity index (χ1) is 12.3. The van der Waals surface area contributed by atoms with E-state index in [9.17, 15) is 0 Å². The Hall–Kier alpha value is -1.81. The average Bonchev–Trinajstić information content (AvgIpc) is 3.06. The normalized spacial score (nSPS) is 20.8. The second kappa shape index (κ2) is 7.61. The van der Waals surface area contributed by atoms with E-state index in [1.807, 2.05) is 12.1 Å². The summed E-state index contributed by atoms with van der Waals surface area (Å²) in [4.78, 5) is 3.36. The van der Waals surface area contributed by atoms with E-state index < -0.39 is 0 Å². The molecule has 3 N–H and O–H groups in total. The molecular formula is C21H24ClN3. The van der Waals surface area contributed by atoms with Gasteiger partial charge < -0.3 is 15.6 Å². The molecule has 130 valence electrons. The molecule has 0 bridgehead atoms. The lowest BCUT2D eigenvalue weighted by Crippen LogP contribution is -2.46. The predicted molar refractivity (Wildman–Crippen MR) is 105 cm³/mol. The Labute approximate surface area is 153 Å². The lowest BCUT2D eigenvalue weighted by atomic mass is 9.94. The summed E-state index contributed by atoms with van der Waals surface area (Å²) in [7, 11) is 0. The molecule has 0 radical (unpaired) electrons. The molecule has 0 amide bonds. The van der Waals surface area contributed by atoms with E-state index in [4.69, 9.17) is 11.6 Å². The van der Waals surface area contributed by atoms with Crippen LogP contribution >= 0.6 is 11.6 Å². The number of hydrogen-bond acceptors (Lipinski definition) is 2. The van der Waals surface area contributed by atoms with Gasteiger partial charge in [0.2, 0.25) is 0 Å². The van der Waals surface area contributed by atoms with E-state index in [0.717, 1.165) is 31.0 Å². The van der Waals surface area contributed by atoms with E-state index in [2.05, 4.69) is 58.2 Å². The van der Waals surface area contributed by atoms with Crippen LogP contribution in [0.1, 0.15) is 24.0 Å². The fraction of sp³-hybridized carbons (Fsp3) is 0.333. The third-order valence-corrected chi connectivity index (χ3v) is 5.40. The second-order valence-electron chi connectivity index (χ2n) is 6.94. The molecule has 1 aromatic heterocycles. The van der Waals surface area contributed by atoms with Crippen molar-refractivity contribution in [3.8, 4) is 0 Å². The van der Waals surface area contributed by atoms with Gasteiger partial charge in [-0.3, -0.25) is 0 Å². The molecule has 4 rings (SSSR count). The molecule has 3 nitrogen and oxygen atoms in total. The molecule has 2 heterocycles. The van der Waals surface area contributed by atoms with Gasteiger partial charge in [-0.05, 0) is 55.1 Å². The number of H-pyrrole nitrogens is 1. The summed E-state index contributed by atoms with van der Waals surface area (Å²) in [5.74, 6) is 0. The summed E-state index contributed by atoms with van der Waals surface area (Å²) >= 11 is 5.98. The molecule has 0 unspecified atom stereocenters. The maximum Gasteiger partial charge on any atom is 0.0457 e. The Bertz CT molecular complexity index is 825. The minimum Gasteiger partial charge on any atom is -0.361 e. The van der Waals surface area contributed by atoms with Crippen LogP contribution in [0.5, 0.6) is 0 Å². The zero-order chi connectivity index (χ0) is 17.1. The van der Waals surface area contributed by atoms with Gasteiger partial charge in [0, 0.05) is 40.8 Å². The van der Waals surface area contributed by atoms with Gasteiger partial charge in [-0.25, -0.2) is 0 Å². The third-order valence-electron chi connectivity index (χ3n) is 5.15. The van der Waals surface area contributed by atoms with Crippen molar-refractivity contribution in [2.45, 2.75) is 37.9 Å². The smallest absolute Gasteiger partial charge is 0.0457 e. The van der Waals surface area contributed by atoms with Crippen LogP contribution in [-0.4, -0.2) is 23.6 Å². The van der Waals surface area contributed by atoms with Crippen LogP contribution in [0.2, 0.25) is 5.02 Å². The van der Waals surface area contributed by atoms with E-state index in [1.165, 1.54) is 28.5 Å². The molecule has 0 spiro atoms. The van der Waals surface area contributed by atoms with E-state index >= 15 is 0 Å². The molecule has 1 aliphatic rings. The van der Waals surface area contributed by atoms with Crippen LogP contribution in [0.25, 0.3) is 10.9 Å². The highest BCUT2D eigenvalue weighted by atomic mass is 35.5. The van der Waals surface area contributed by atoms with Crippen LogP contribution in [0, 0.1) is 0 Å². The summed E-state index contributed by atoms with van der Waals surface area (Å²) in [6, 6.07) is 17.8. The number of fused-ring (bicyclic) bond motifs is 1. The monoisotopic (exact) mass is 353 g/mol. The summed E-state index contributed by atoms with van der Waals surface area (Å²) in [5.41, 5.74) is 3.91. The minimum absolute atomic E-state index is 0.524. The van der Waals surface area contributed by atoms with Crippen molar-refractivity contribution in [1.82, 2.24) is 15.6 Å². The van der Waals surface area contributed by atoms with E-state index in [-0.39, 0.29) is 0 Å². The van der Waals surface area contributed by atoms with Gasteiger partial charge in [0.15, 0.2) is 0 Å². The molecular weight excluding hydrogens is 330 g/mol. The quantitative estimate of drug-likeness (QED) is 0.641. The number of halogens is 1. The maximum absolute atomic E-state index is 5.98. The summed E-state index contributed by atoms with van der Waals surface area (Å²) in [5, 5.41) is 9.54. The van der Waals surface area contributed by atoms with Crippen molar-refractivity contribution in [3.63, 3.8) is 0 Å². The Kier molecular flexibility index (Phi) is 5.07. The molecule has 3 aromatic rings. The van der Waals surface area contributed by atoms with E-state index in [1.54, 1.807) is 0 Å². The number of nitrogens with one attached hydrogen (secondary N) is 3. The zero-order valence-corrected chi connectivity index (χ0v) is 15.0. The Morgan fingerprint density at radius 3 is 2.80 bits per heavy atom. The highest BCUT2D eigenvalue weighted by Gasteiger charge is 2.21. The standard InChI is InChI=1S/C21H24ClN3/c22-17-7-5-15(6-8-17)11-19-12-18(9-10-23-19)24-13-16-14-25-21-4-2-1-3-20(16)21/h1-8,14,18-19,23-25H,9-13H2/t18-,19+/m0/s1. The number of benzene rings is 2. The van der Waals surface area contributed by atoms with Crippen LogP contribution in [-0.2, 0) is 13.0 Å². The average molecular weight is 354 g/mol. The van der Waals surface area contributed by atoms with Crippen molar-refractivity contribution in [1.29, 1.82) is 0 Å². The predicted octanol–water partition coefficient (Wildman–Crippen LogP) is 4.27. The van der Waals surface area contributed by atoms with Crippen molar-refractivity contribution in [2.24, 2.45) is 0 Å². The Morgan fingerprint density at radius 2 is 1.92 bits per heavy atom. The van der Waals surface area contributed by atoms with Crippen molar-refractivity contribution in [2.75, 3.05) is 6.54 Å². The molecule has 2 aromatic carbocycles. The zero-order valence-electron chi connectivity index (χ0n) is 14.3. The number of aromatic nitrogens is 1. The van der Waals surface area contributed by atoms with Crippen molar-refractivity contribution in [3.05, 3.63) is 70.9 Å². The van der Waals surface area contributed by atoms with Crippen LogP contribution < -0.4 is 10.6 Å². The summed E-state index contributed by atoms with van der Waals surface area (Å²) in [6.45, 7) is 1.99. The molecule has 0 aliphatic carbocycles. The first-order valence-electron chi connectivity index (χ1n) is 9.04. The van der Waals surface area contributed by atoms with Gasteiger partial charge in [-0.2, -0.15) is 0 Å². The number of para-hydroxylation sites is 1. The van der Waals surface area contributed by atoms with E-state index in [0.29, 0.717) is 12.1 Å².